The molecule has 0 spiro atoms. The lowest BCUT2D eigenvalue weighted by atomic mass is 10.2. The van der Waals surface area contributed by atoms with Gasteiger partial charge in [0.05, 0.1) is 25.6 Å². The molecule has 1 aliphatic heterocycles. The van der Waals surface area contributed by atoms with Gasteiger partial charge in [-0.15, -0.1) is 0 Å². The Kier molecular flexibility index (Phi) is 9.45. The van der Waals surface area contributed by atoms with E-state index >= 15 is 0 Å². The van der Waals surface area contributed by atoms with E-state index in [0.717, 1.165) is 8.61 Å². The van der Waals surface area contributed by atoms with E-state index < -0.39 is 47.1 Å². The van der Waals surface area contributed by atoms with E-state index in [9.17, 15) is 27.6 Å². The number of benzene rings is 1. The van der Waals surface area contributed by atoms with Crippen LogP contribution in [0.4, 0.5) is 11.4 Å². The Morgan fingerprint density at radius 2 is 1.18 bits per heavy atom. The van der Waals surface area contributed by atoms with Crippen LogP contribution in [0.15, 0.2) is 24.3 Å². The topological polar surface area (TPSA) is 151 Å². The fourth-order valence-electron chi connectivity index (χ4n) is 3.08. The Balaban J connectivity index is 1.99. The molecule has 33 heavy (non-hydrogen) atoms. The highest BCUT2D eigenvalue weighted by molar-refractivity contribution is 7.94. The third-order valence-electron chi connectivity index (χ3n) is 4.77. The first kappa shape index (κ1) is 25.9. The lowest BCUT2D eigenvalue weighted by molar-refractivity contribution is -0.141. The van der Waals surface area contributed by atoms with Gasteiger partial charge in [0.15, 0.2) is 0 Å². The Bertz CT molecular complexity index is 911. The average Bonchev–Trinajstić information content (AvgIpc) is 3.00. The van der Waals surface area contributed by atoms with Gasteiger partial charge in [-0.1, -0.05) is 12.1 Å². The number of nitrogens with one attached hydrogen (secondary N) is 2. The number of ether oxygens (including phenoxy) is 2. The van der Waals surface area contributed by atoms with Crippen LogP contribution in [0.1, 0.15) is 25.7 Å². The van der Waals surface area contributed by atoms with Gasteiger partial charge in [0.1, 0.15) is 13.1 Å². The fraction of sp³-hybridized carbons (Fsp3) is 0.500. The van der Waals surface area contributed by atoms with E-state index in [4.69, 9.17) is 0 Å². The zero-order valence-electron chi connectivity index (χ0n) is 18.5. The van der Waals surface area contributed by atoms with Gasteiger partial charge in [-0.2, -0.15) is 8.42 Å². The molecule has 0 atom stereocenters. The average molecular weight is 485 g/mol. The Morgan fingerprint density at radius 3 is 1.55 bits per heavy atom. The highest BCUT2D eigenvalue weighted by Gasteiger charge is 2.41. The second-order valence-corrected chi connectivity index (χ2v) is 8.85. The number of hydrogen-bond donors (Lipinski definition) is 2. The van der Waals surface area contributed by atoms with Crippen molar-refractivity contribution >= 4 is 45.3 Å². The summed E-state index contributed by atoms with van der Waals surface area (Å²) in [6.45, 7) is -0.591. The summed E-state index contributed by atoms with van der Waals surface area (Å²) in [7, 11) is -1.64. The third kappa shape index (κ3) is 7.07. The summed E-state index contributed by atoms with van der Waals surface area (Å²) in [5.74, 6) is -1.90. The first-order valence-electron chi connectivity index (χ1n) is 10.3. The number of fused-ring (bicyclic) bond motifs is 1. The van der Waals surface area contributed by atoms with Gasteiger partial charge in [-0.25, -0.2) is 8.61 Å². The third-order valence-corrected chi connectivity index (χ3v) is 6.53. The lowest BCUT2D eigenvalue weighted by Gasteiger charge is -2.21. The number of nitrogens with zero attached hydrogens (tertiary/aromatic N) is 2. The van der Waals surface area contributed by atoms with Crippen molar-refractivity contribution in [1.82, 2.24) is 10.6 Å². The summed E-state index contributed by atoms with van der Waals surface area (Å²) < 4.78 is 37.1. The molecule has 2 N–H and O–H groups in total. The number of methoxy groups -OCH3 is 2. The minimum atomic E-state index is -4.18. The van der Waals surface area contributed by atoms with Crippen molar-refractivity contribution in [2.75, 3.05) is 49.0 Å². The molecule has 2 rings (SSSR count). The van der Waals surface area contributed by atoms with Crippen molar-refractivity contribution in [2.24, 2.45) is 0 Å². The maximum atomic E-state index is 13.1. The highest BCUT2D eigenvalue weighted by atomic mass is 32.2. The molecule has 0 unspecified atom stereocenters. The monoisotopic (exact) mass is 484 g/mol. The molecule has 0 fully saturated rings. The summed E-state index contributed by atoms with van der Waals surface area (Å²) in [6.07, 6.45) is 0.961. The van der Waals surface area contributed by atoms with E-state index in [2.05, 4.69) is 20.1 Å². The largest absolute Gasteiger partial charge is 0.469 e. The minimum Gasteiger partial charge on any atom is -0.469 e. The van der Waals surface area contributed by atoms with Gasteiger partial charge in [0.25, 0.3) is 0 Å². The number of carbonyl (C=O) groups is 4. The van der Waals surface area contributed by atoms with Crippen LogP contribution in [0.25, 0.3) is 0 Å². The van der Waals surface area contributed by atoms with Crippen LogP contribution in [0.5, 0.6) is 0 Å². The molecule has 0 aliphatic carbocycles. The molecular formula is C20H28N4O8S. The number of hydrogen-bond acceptors (Lipinski definition) is 8. The number of para-hydroxylation sites is 2. The predicted octanol–water partition coefficient (Wildman–Crippen LogP) is -0.303. The second-order valence-electron chi connectivity index (χ2n) is 7.07. The van der Waals surface area contributed by atoms with Crippen LogP contribution >= 0.6 is 0 Å². The first-order valence-corrected chi connectivity index (χ1v) is 11.7. The van der Waals surface area contributed by atoms with Crippen molar-refractivity contribution in [3.8, 4) is 0 Å². The quantitative estimate of drug-likeness (QED) is 0.303. The zero-order valence-corrected chi connectivity index (χ0v) is 19.4. The molecule has 1 heterocycles. The number of amides is 2. The summed E-state index contributed by atoms with van der Waals surface area (Å²) in [5, 5.41) is 5.15. The maximum absolute atomic E-state index is 13.1. The van der Waals surface area contributed by atoms with Crippen LogP contribution < -0.4 is 19.2 Å². The van der Waals surface area contributed by atoms with Crippen molar-refractivity contribution < 1.29 is 37.1 Å². The molecule has 13 heteroatoms. The normalized spacial score (nSPS) is 13.8. The number of rotatable bonds is 12. The zero-order chi connectivity index (χ0) is 24.4. The van der Waals surface area contributed by atoms with Gasteiger partial charge in [0, 0.05) is 25.9 Å². The molecule has 0 bridgehead atoms. The van der Waals surface area contributed by atoms with Gasteiger partial charge in [-0.3, -0.25) is 19.2 Å². The molecule has 1 aliphatic rings. The molecule has 0 aromatic heterocycles. The van der Waals surface area contributed by atoms with Gasteiger partial charge >= 0.3 is 22.1 Å². The van der Waals surface area contributed by atoms with E-state index in [1.807, 2.05) is 0 Å². The summed E-state index contributed by atoms with van der Waals surface area (Å²) in [5.41, 5.74) is 0.557. The summed E-state index contributed by atoms with van der Waals surface area (Å²) in [6, 6.07) is 6.36. The molecule has 0 radical (unpaired) electrons. The SMILES string of the molecule is COC(=O)CCCNC(=O)CN1c2ccccc2N(CC(=O)NCCCC(=O)OC)S1(=O)=O. The molecule has 1 aromatic rings. The van der Waals surface area contributed by atoms with Crippen LogP contribution in [-0.2, 0) is 38.9 Å². The van der Waals surface area contributed by atoms with Crippen LogP contribution in [0.3, 0.4) is 0 Å². The smallest absolute Gasteiger partial charge is 0.327 e. The molecule has 0 saturated carbocycles. The van der Waals surface area contributed by atoms with Crippen LogP contribution in [-0.4, -0.2) is 72.6 Å². The second kappa shape index (κ2) is 12.0. The summed E-state index contributed by atoms with van der Waals surface area (Å²) >= 11 is 0. The van der Waals surface area contributed by atoms with Crippen molar-refractivity contribution in [1.29, 1.82) is 0 Å². The van der Waals surface area contributed by atoms with E-state index in [-0.39, 0.29) is 37.3 Å². The van der Waals surface area contributed by atoms with E-state index in [1.165, 1.54) is 14.2 Å². The summed E-state index contributed by atoms with van der Waals surface area (Å²) in [4.78, 5) is 46.9. The molecule has 182 valence electrons. The predicted molar refractivity (Wildman–Crippen MR) is 119 cm³/mol. The van der Waals surface area contributed by atoms with Crippen LogP contribution in [0, 0.1) is 0 Å². The first-order chi connectivity index (χ1) is 15.7. The Morgan fingerprint density at radius 1 is 0.788 bits per heavy atom. The standard InChI is InChI=1S/C20H28N4O8S/c1-31-19(27)9-5-11-21-17(25)13-23-15-7-3-4-8-16(15)24(33(23,29)30)14-18(26)22-12-6-10-20(28)32-2/h3-4,7-8H,5-6,9-14H2,1-2H3,(H,21,25)(H,22,26). The minimum absolute atomic E-state index is 0.129. The van der Waals surface area contributed by atoms with Crippen molar-refractivity contribution in [3.05, 3.63) is 24.3 Å². The molecule has 12 nitrogen and oxygen atoms in total. The molecule has 1 aromatic carbocycles. The van der Waals surface area contributed by atoms with Crippen molar-refractivity contribution in [2.45, 2.75) is 25.7 Å². The molecule has 0 saturated heterocycles. The number of anilines is 2. The molecule has 2 amide bonds. The van der Waals surface area contributed by atoms with E-state index in [0.29, 0.717) is 12.8 Å². The lowest BCUT2D eigenvalue weighted by Crippen LogP contribution is -2.46. The van der Waals surface area contributed by atoms with Gasteiger partial charge in [0.2, 0.25) is 11.8 Å². The Labute approximate surface area is 192 Å². The van der Waals surface area contributed by atoms with Crippen molar-refractivity contribution in [3.63, 3.8) is 0 Å². The van der Waals surface area contributed by atoms with Crippen LogP contribution in [0.2, 0.25) is 0 Å². The fourth-order valence-corrected chi connectivity index (χ4v) is 4.69. The number of esters is 2. The van der Waals surface area contributed by atoms with Gasteiger partial charge in [-0.05, 0) is 25.0 Å². The number of carbonyl (C=O) groups excluding carboxylic acids is 4. The van der Waals surface area contributed by atoms with E-state index in [1.54, 1.807) is 24.3 Å². The van der Waals surface area contributed by atoms with Gasteiger partial charge < -0.3 is 20.1 Å². The maximum Gasteiger partial charge on any atom is 0.327 e. The Hall–Kier alpha value is -3.35. The highest BCUT2D eigenvalue weighted by Crippen LogP contribution is 2.40. The molecular weight excluding hydrogens is 456 g/mol.